The molecule has 0 aromatic heterocycles. The second-order valence-electron chi connectivity index (χ2n) is 2.68. The lowest BCUT2D eigenvalue weighted by Crippen LogP contribution is -2.36. The van der Waals surface area contributed by atoms with E-state index in [9.17, 15) is 4.79 Å². The summed E-state index contributed by atoms with van der Waals surface area (Å²) in [6.07, 6.45) is 0. The number of halogens is 2. The van der Waals surface area contributed by atoms with Gasteiger partial charge in [-0.05, 0) is 21.1 Å². The molecule has 0 aliphatic rings. The fourth-order valence-corrected chi connectivity index (χ4v) is 0.642. The van der Waals surface area contributed by atoms with Crippen LogP contribution in [0.1, 0.15) is 0 Å². The van der Waals surface area contributed by atoms with Gasteiger partial charge in [0.2, 0.25) is 5.91 Å². The van der Waals surface area contributed by atoms with Crippen LogP contribution in [0.15, 0.2) is 0 Å². The predicted molar refractivity (Wildman–Crippen MR) is 60.0 cm³/mol. The van der Waals surface area contributed by atoms with Crippen LogP contribution in [-0.4, -0.2) is 51.6 Å². The molecule has 0 rings (SSSR count). The number of nitrogens with one attached hydrogen (secondary N) is 2. The number of carbonyl (C=O) groups excluding carboxylic acids is 1. The normalized spacial score (nSPS) is 8.62. The van der Waals surface area contributed by atoms with Gasteiger partial charge in [0, 0.05) is 13.1 Å². The highest BCUT2D eigenvalue weighted by Gasteiger charge is 1.96. The maximum absolute atomic E-state index is 10.8. The van der Waals surface area contributed by atoms with Crippen molar-refractivity contribution < 1.29 is 4.79 Å². The van der Waals surface area contributed by atoms with Gasteiger partial charge in [-0.2, -0.15) is 0 Å². The van der Waals surface area contributed by atoms with Crippen LogP contribution < -0.4 is 10.6 Å². The van der Waals surface area contributed by atoms with Crippen LogP contribution >= 0.6 is 24.8 Å². The van der Waals surface area contributed by atoms with E-state index in [1.807, 2.05) is 19.0 Å². The lowest BCUT2D eigenvalue weighted by atomic mass is 10.5. The van der Waals surface area contributed by atoms with Crippen LogP contribution in [0.4, 0.5) is 0 Å². The zero-order chi connectivity index (χ0) is 8.69. The number of likely N-dealkylation sites (N-methyl/N-ethyl adjacent to an activating group) is 2. The third kappa shape index (κ3) is 14.8. The third-order valence-electron chi connectivity index (χ3n) is 1.22. The summed E-state index contributed by atoms with van der Waals surface area (Å²) in [5, 5.41) is 5.55. The van der Waals surface area contributed by atoms with Crippen molar-refractivity contribution in [3.63, 3.8) is 0 Å². The molecule has 1 amide bonds. The van der Waals surface area contributed by atoms with Crippen molar-refractivity contribution in [3.8, 4) is 0 Å². The average molecular weight is 232 g/mol. The molecular formula is C7H19Cl2N3O. The van der Waals surface area contributed by atoms with Gasteiger partial charge in [-0.15, -0.1) is 24.8 Å². The van der Waals surface area contributed by atoms with Gasteiger partial charge in [0.15, 0.2) is 0 Å². The lowest BCUT2D eigenvalue weighted by molar-refractivity contribution is -0.120. The first-order valence-corrected chi connectivity index (χ1v) is 3.73. The Balaban J connectivity index is -0.000000500. The molecule has 82 valence electrons. The van der Waals surface area contributed by atoms with E-state index in [2.05, 4.69) is 10.6 Å². The number of hydrogen-bond acceptors (Lipinski definition) is 3. The van der Waals surface area contributed by atoms with Crippen LogP contribution in [0.3, 0.4) is 0 Å². The van der Waals surface area contributed by atoms with Crippen LogP contribution in [0.2, 0.25) is 0 Å². The van der Waals surface area contributed by atoms with E-state index in [4.69, 9.17) is 0 Å². The summed E-state index contributed by atoms with van der Waals surface area (Å²) in [5.74, 6) is 0.0503. The summed E-state index contributed by atoms with van der Waals surface area (Å²) in [5.41, 5.74) is 0. The summed E-state index contributed by atoms with van der Waals surface area (Å²) >= 11 is 0. The zero-order valence-electron chi connectivity index (χ0n) is 8.29. The van der Waals surface area contributed by atoms with Gasteiger partial charge in [-0.1, -0.05) is 0 Å². The summed E-state index contributed by atoms with van der Waals surface area (Å²) in [4.78, 5) is 12.9. The molecule has 0 bridgehead atoms. The topological polar surface area (TPSA) is 44.4 Å². The average Bonchev–Trinajstić information content (AvgIpc) is 1.87. The molecule has 0 aromatic rings. The molecule has 0 spiro atoms. The van der Waals surface area contributed by atoms with E-state index in [1.54, 1.807) is 7.05 Å². The molecule has 6 heteroatoms. The molecule has 0 radical (unpaired) electrons. The molecule has 13 heavy (non-hydrogen) atoms. The standard InChI is InChI=1S/C7H17N3O.2ClH/c1-8-6-7(11)9-4-5-10(2)3;;/h8H,4-6H2,1-3H3,(H,9,11);2*1H. The third-order valence-corrected chi connectivity index (χ3v) is 1.22. The molecule has 0 saturated carbocycles. The molecule has 0 aromatic carbocycles. The minimum atomic E-state index is 0. The first-order chi connectivity index (χ1) is 5.16. The Morgan fingerprint density at radius 1 is 1.31 bits per heavy atom. The Morgan fingerprint density at radius 2 is 1.85 bits per heavy atom. The van der Waals surface area contributed by atoms with Crippen LogP contribution in [0.5, 0.6) is 0 Å². The molecule has 0 atom stereocenters. The van der Waals surface area contributed by atoms with Crippen molar-refractivity contribution in [2.24, 2.45) is 0 Å². The monoisotopic (exact) mass is 231 g/mol. The molecular weight excluding hydrogens is 213 g/mol. The van der Waals surface area contributed by atoms with Crippen molar-refractivity contribution in [3.05, 3.63) is 0 Å². The van der Waals surface area contributed by atoms with E-state index in [0.29, 0.717) is 13.1 Å². The van der Waals surface area contributed by atoms with E-state index < -0.39 is 0 Å². The van der Waals surface area contributed by atoms with Gasteiger partial charge in [0.05, 0.1) is 6.54 Å². The number of rotatable bonds is 5. The van der Waals surface area contributed by atoms with Crippen molar-refractivity contribution in [1.29, 1.82) is 0 Å². The minimum Gasteiger partial charge on any atom is -0.354 e. The highest BCUT2D eigenvalue weighted by Crippen LogP contribution is 1.70. The Labute approximate surface area is 92.3 Å². The maximum atomic E-state index is 10.8. The van der Waals surface area contributed by atoms with Gasteiger partial charge in [0.1, 0.15) is 0 Å². The lowest BCUT2D eigenvalue weighted by Gasteiger charge is -2.09. The van der Waals surface area contributed by atoms with Gasteiger partial charge in [-0.25, -0.2) is 0 Å². The Bertz CT molecular complexity index is 122. The Kier molecular flexibility index (Phi) is 17.2. The molecule has 0 fully saturated rings. The van der Waals surface area contributed by atoms with Gasteiger partial charge in [0.25, 0.3) is 0 Å². The SMILES string of the molecule is CNCC(=O)NCCN(C)C.Cl.Cl. The largest absolute Gasteiger partial charge is 0.354 e. The van der Waals surface area contributed by atoms with E-state index in [1.165, 1.54) is 0 Å². The van der Waals surface area contributed by atoms with Gasteiger partial charge in [-0.3, -0.25) is 4.79 Å². The predicted octanol–water partition coefficient (Wildman–Crippen LogP) is -0.273. The second-order valence-corrected chi connectivity index (χ2v) is 2.68. The maximum Gasteiger partial charge on any atom is 0.233 e. The Morgan fingerprint density at radius 3 is 2.23 bits per heavy atom. The van der Waals surface area contributed by atoms with E-state index in [0.717, 1.165) is 6.54 Å². The van der Waals surface area contributed by atoms with Crippen LogP contribution in [-0.2, 0) is 4.79 Å². The second kappa shape index (κ2) is 12.0. The smallest absolute Gasteiger partial charge is 0.233 e. The number of nitrogens with zero attached hydrogens (tertiary/aromatic N) is 1. The van der Waals surface area contributed by atoms with Crippen molar-refractivity contribution in [2.45, 2.75) is 0 Å². The van der Waals surface area contributed by atoms with Crippen LogP contribution in [0.25, 0.3) is 0 Å². The van der Waals surface area contributed by atoms with Gasteiger partial charge < -0.3 is 15.5 Å². The molecule has 0 heterocycles. The fourth-order valence-electron chi connectivity index (χ4n) is 0.642. The quantitative estimate of drug-likeness (QED) is 0.685. The first-order valence-electron chi connectivity index (χ1n) is 3.73. The van der Waals surface area contributed by atoms with Crippen molar-refractivity contribution in [1.82, 2.24) is 15.5 Å². The number of hydrogen-bond donors (Lipinski definition) is 2. The molecule has 4 nitrogen and oxygen atoms in total. The summed E-state index contributed by atoms with van der Waals surface area (Å²) < 4.78 is 0. The summed E-state index contributed by atoms with van der Waals surface area (Å²) in [7, 11) is 5.71. The molecule has 0 saturated heterocycles. The fraction of sp³-hybridized carbons (Fsp3) is 0.857. The van der Waals surface area contributed by atoms with E-state index >= 15 is 0 Å². The molecule has 2 N–H and O–H groups in total. The zero-order valence-corrected chi connectivity index (χ0v) is 9.93. The van der Waals surface area contributed by atoms with E-state index in [-0.39, 0.29) is 30.7 Å². The number of amides is 1. The van der Waals surface area contributed by atoms with Crippen LogP contribution in [0, 0.1) is 0 Å². The summed E-state index contributed by atoms with van der Waals surface area (Å²) in [6, 6.07) is 0. The number of carbonyl (C=O) groups is 1. The molecule has 0 aliphatic heterocycles. The van der Waals surface area contributed by atoms with Gasteiger partial charge >= 0.3 is 0 Å². The minimum absolute atomic E-state index is 0. The summed E-state index contributed by atoms with van der Waals surface area (Å²) in [6.45, 7) is 2.00. The van der Waals surface area contributed by atoms with Crippen molar-refractivity contribution in [2.75, 3.05) is 40.8 Å². The highest BCUT2D eigenvalue weighted by atomic mass is 35.5. The van der Waals surface area contributed by atoms with Crippen molar-refractivity contribution >= 4 is 30.7 Å². The molecule has 0 unspecified atom stereocenters. The first kappa shape index (κ1) is 18.7. The Hall–Kier alpha value is -0.0300. The molecule has 0 aliphatic carbocycles. The highest BCUT2D eigenvalue weighted by molar-refractivity contribution is 5.85.